The predicted molar refractivity (Wildman–Crippen MR) is 66.9 cm³/mol. The summed E-state index contributed by atoms with van der Waals surface area (Å²) >= 11 is 7.68. The van der Waals surface area contributed by atoms with Crippen LogP contribution in [0.2, 0.25) is 0 Å². The smallest absolute Gasteiger partial charge is 0.0968 e. The first kappa shape index (κ1) is 11.3. The molecule has 1 aliphatic carbocycles. The molecule has 0 unspecified atom stereocenters. The summed E-state index contributed by atoms with van der Waals surface area (Å²) in [5, 5.41) is 1.11. The van der Waals surface area contributed by atoms with Crippen LogP contribution in [0.15, 0.2) is 17.2 Å². The molecule has 0 saturated carbocycles. The SMILES string of the molecule is CC(C)(CCl)Sc1ccc2c(n1)CCC2. The van der Waals surface area contributed by atoms with Gasteiger partial charge in [-0.2, -0.15) is 0 Å². The van der Waals surface area contributed by atoms with Gasteiger partial charge in [0.1, 0.15) is 0 Å². The lowest BCUT2D eigenvalue weighted by Crippen LogP contribution is -2.16. The summed E-state index contributed by atoms with van der Waals surface area (Å²) < 4.78 is 0.0708. The molecule has 15 heavy (non-hydrogen) atoms. The topological polar surface area (TPSA) is 12.9 Å². The second-order valence-corrected chi connectivity index (χ2v) is 6.60. The first-order valence-electron chi connectivity index (χ1n) is 5.34. The molecule has 2 rings (SSSR count). The molecule has 1 aromatic heterocycles. The van der Waals surface area contributed by atoms with Gasteiger partial charge in [0.2, 0.25) is 0 Å². The Morgan fingerprint density at radius 2 is 2.20 bits per heavy atom. The molecule has 0 saturated heterocycles. The molecular formula is C12H16ClNS. The van der Waals surface area contributed by atoms with Crippen molar-refractivity contribution in [1.82, 2.24) is 4.98 Å². The average Bonchev–Trinajstić information content (AvgIpc) is 2.64. The van der Waals surface area contributed by atoms with E-state index in [9.17, 15) is 0 Å². The highest BCUT2D eigenvalue weighted by Gasteiger charge is 2.20. The third-order valence-corrected chi connectivity index (χ3v) is 4.57. The quantitative estimate of drug-likeness (QED) is 0.592. The highest BCUT2D eigenvalue weighted by molar-refractivity contribution is 8.00. The highest BCUT2D eigenvalue weighted by atomic mass is 35.5. The summed E-state index contributed by atoms with van der Waals surface area (Å²) in [6.07, 6.45) is 3.60. The van der Waals surface area contributed by atoms with Crippen LogP contribution in [-0.4, -0.2) is 15.6 Å². The highest BCUT2D eigenvalue weighted by Crippen LogP contribution is 2.33. The monoisotopic (exact) mass is 241 g/mol. The summed E-state index contributed by atoms with van der Waals surface area (Å²) in [6.45, 7) is 4.30. The van der Waals surface area contributed by atoms with Crippen molar-refractivity contribution in [2.45, 2.75) is 42.9 Å². The van der Waals surface area contributed by atoms with Crippen molar-refractivity contribution in [3.63, 3.8) is 0 Å². The molecule has 0 aliphatic heterocycles. The van der Waals surface area contributed by atoms with Crippen LogP contribution < -0.4 is 0 Å². The zero-order valence-electron chi connectivity index (χ0n) is 9.22. The minimum absolute atomic E-state index is 0.0708. The number of pyridine rings is 1. The predicted octanol–water partition coefficient (Wildman–Crippen LogP) is 3.68. The second kappa shape index (κ2) is 4.34. The van der Waals surface area contributed by atoms with Crippen LogP contribution in [0.3, 0.4) is 0 Å². The van der Waals surface area contributed by atoms with E-state index in [1.54, 1.807) is 11.8 Å². The summed E-state index contributed by atoms with van der Waals surface area (Å²) in [5.74, 6) is 0.649. The Balaban J connectivity index is 2.17. The van der Waals surface area contributed by atoms with E-state index in [1.807, 2.05) is 0 Å². The number of thioether (sulfide) groups is 1. The number of halogens is 1. The second-order valence-electron chi connectivity index (χ2n) is 4.60. The zero-order valence-corrected chi connectivity index (χ0v) is 10.8. The number of aryl methyl sites for hydroxylation is 2. The van der Waals surface area contributed by atoms with Gasteiger partial charge in [-0.25, -0.2) is 4.98 Å². The minimum Gasteiger partial charge on any atom is -0.246 e. The molecule has 3 heteroatoms. The van der Waals surface area contributed by atoms with Crippen molar-refractivity contribution < 1.29 is 0 Å². The van der Waals surface area contributed by atoms with Crippen LogP contribution in [0.4, 0.5) is 0 Å². The lowest BCUT2D eigenvalue weighted by molar-refractivity contribution is 0.805. The van der Waals surface area contributed by atoms with Crippen molar-refractivity contribution >= 4 is 23.4 Å². The first-order valence-corrected chi connectivity index (χ1v) is 6.70. The molecule has 0 aromatic carbocycles. The summed E-state index contributed by atoms with van der Waals surface area (Å²) in [6, 6.07) is 4.35. The van der Waals surface area contributed by atoms with Crippen LogP contribution in [0.25, 0.3) is 0 Å². The Bertz CT molecular complexity index is 363. The Morgan fingerprint density at radius 1 is 1.40 bits per heavy atom. The molecule has 0 atom stereocenters. The summed E-state index contributed by atoms with van der Waals surface area (Å²) in [4.78, 5) is 4.69. The van der Waals surface area contributed by atoms with Crippen molar-refractivity contribution in [2.75, 3.05) is 5.88 Å². The van der Waals surface area contributed by atoms with Gasteiger partial charge in [0.25, 0.3) is 0 Å². The van der Waals surface area contributed by atoms with Gasteiger partial charge in [0.15, 0.2) is 0 Å². The van der Waals surface area contributed by atoms with E-state index in [4.69, 9.17) is 16.6 Å². The van der Waals surface area contributed by atoms with Gasteiger partial charge in [-0.15, -0.1) is 11.6 Å². The van der Waals surface area contributed by atoms with E-state index < -0.39 is 0 Å². The van der Waals surface area contributed by atoms with E-state index in [0.717, 1.165) is 11.4 Å². The molecule has 1 nitrogen and oxygen atoms in total. The summed E-state index contributed by atoms with van der Waals surface area (Å²) in [7, 11) is 0. The Hall–Kier alpha value is -0.210. The van der Waals surface area contributed by atoms with Crippen molar-refractivity contribution in [3.05, 3.63) is 23.4 Å². The van der Waals surface area contributed by atoms with Crippen molar-refractivity contribution in [2.24, 2.45) is 0 Å². The molecule has 0 fully saturated rings. The van der Waals surface area contributed by atoms with E-state index in [-0.39, 0.29) is 4.75 Å². The maximum atomic E-state index is 5.91. The maximum absolute atomic E-state index is 5.91. The van der Waals surface area contributed by atoms with Gasteiger partial charge in [-0.1, -0.05) is 17.8 Å². The molecule has 82 valence electrons. The number of nitrogens with zero attached hydrogens (tertiary/aromatic N) is 1. The van der Waals surface area contributed by atoms with Crippen LogP contribution in [0.1, 0.15) is 31.5 Å². The third kappa shape index (κ3) is 2.67. The van der Waals surface area contributed by atoms with E-state index in [1.165, 1.54) is 24.1 Å². The standard InChI is InChI=1S/C12H16ClNS/c1-12(2,8-13)15-11-7-6-9-4-3-5-10(9)14-11/h6-7H,3-5,8H2,1-2H3. The number of hydrogen-bond donors (Lipinski definition) is 0. The van der Waals surface area contributed by atoms with Gasteiger partial charge < -0.3 is 0 Å². The summed E-state index contributed by atoms with van der Waals surface area (Å²) in [5.41, 5.74) is 2.73. The molecule has 1 aromatic rings. The molecule has 0 spiro atoms. The molecule has 1 aliphatic rings. The molecule has 0 amide bonds. The lowest BCUT2D eigenvalue weighted by Gasteiger charge is -2.20. The van der Waals surface area contributed by atoms with Gasteiger partial charge in [0.05, 0.1) is 5.03 Å². The first-order chi connectivity index (χ1) is 7.11. The number of fused-ring (bicyclic) bond motifs is 1. The number of hydrogen-bond acceptors (Lipinski definition) is 2. The Morgan fingerprint density at radius 3 is 2.93 bits per heavy atom. The number of rotatable bonds is 3. The van der Waals surface area contributed by atoms with E-state index in [2.05, 4.69) is 26.0 Å². The normalized spacial score (nSPS) is 15.4. The van der Waals surface area contributed by atoms with Gasteiger partial charge in [-0.05, 0) is 44.7 Å². The zero-order chi connectivity index (χ0) is 10.9. The van der Waals surface area contributed by atoms with Crippen molar-refractivity contribution in [3.8, 4) is 0 Å². The van der Waals surface area contributed by atoms with Gasteiger partial charge >= 0.3 is 0 Å². The fourth-order valence-electron chi connectivity index (χ4n) is 1.77. The molecule has 1 heterocycles. The fraction of sp³-hybridized carbons (Fsp3) is 0.583. The third-order valence-electron chi connectivity index (χ3n) is 2.61. The number of aromatic nitrogens is 1. The van der Waals surface area contributed by atoms with Crippen LogP contribution in [0, 0.1) is 0 Å². The molecule has 0 N–H and O–H groups in total. The largest absolute Gasteiger partial charge is 0.246 e. The van der Waals surface area contributed by atoms with E-state index >= 15 is 0 Å². The average molecular weight is 242 g/mol. The maximum Gasteiger partial charge on any atom is 0.0968 e. The molecular weight excluding hydrogens is 226 g/mol. The van der Waals surface area contributed by atoms with Crippen molar-refractivity contribution in [1.29, 1.82) is 0 Å². The van der Waals surface area contributed by atoms with Gasteiger partial charge in [-0.3, -0.25) is 0 Å². The fourth-order valence-corrected chi connectivity index (χ4v) is 2.84. The molecule has 0 bridgehead atoms. The Kier molecular flexibility index (Phi) is 3.27. The number of alkyl halides is 1. The van der Waals surface area contributed by atoms with Crippen LogP contribution in [0.5, 0.6) is 0 Å². The molecule has 0 radical (unpaired) electrons. The Labute approximate surface area is 101 Å². The lowest BCUT2D eigenvalue weighted by atomic mass is 10.2. The van der Waals surface area contributed by atoms with Gasteiger partial charge in [0, 0.05) is 16.3 Å². The van der Waals surface area contributed by atoms with E-state index in [0.29, 0.717) is 5.88 Å². The minimum atomic E-state index is 0.0708. The van der Waals surface area contributed by atoms with Crippen LogP contribution in [-0.2, 0) is 12.8 Å². The van der Waals surface area contributed by atoms with Crippen LogP contribution >= 0.6 is 23.4 Å².